The zero-order chi connectivity index (χ0) is 27.9. The molecule has 0 spiro atoms. The van der Waals surface area contributed by atoms with Gasteiger partial charge in [-0.2, -0.15) is 0 Å². The number of ether oxygens (including phenoxy) is 3. The Kier molecular flexibility index (Phi) is 6.73. The number of carbonyl (C=O) groups is 3. The molecule has 3 aromatic rings. The van der Waals surface area contributed by atoms with E-state index in [-0.39, 0.29) is 23.6 Å². The number of carboxylic acids is 1. The van der Waals surface area contributed by atoms with E-state index in [4.69, 9.17) is 14.2 Å². The number of methoxy groups -OCH3 is 3. The van der Waals surface area contributed by atoms with E-state index >= 15 is 0 Å². The number of carbonyl (C=O) groups excluding carboxylic acids is 2. The maximum absolute atomic E-state index is 14.0. The van der Waals surface area contributed by atoms with Crippen LogP contribution in [0, 0.1) is 17.7 Å². The average Bonchev–Trinajstić information content (AvgIpc) is 3.42. The highest BCUT2D eigenvalue weighted by molar-refractivity contribution is 6.24. The maximum atomic E-state index is 14.0. The second-order valence-corrected chi connectivity index (χ2v) is 9.48. The van der Waals surface area contributed by atoms with Gasteiger partial charge < -0.3 is 19.3 Å². The molecule has 2 amide bonds. The monoisotopic (exact) mass is 534 g/mol. The van der Waals surface area contributed by atoms with Crippen LogP contribution in [0.1, 0.15) is 17.2 Å². The molecule has 4 unspecified atom stereocenters. The highest BCUT2D eigenvalue weighted by Crippen LogP contribution is 2.54. The summed E-state index contributed by atoms with van der Waals surface area (Å²) in [5.41, 5.74) is -0.566. The lowest BCUT2D eigenvalue weighted by atomic mass is 9.76. The third-order valence-electron chi connectivity index (χ3n) is 7.52. The van der Waals surface area contributed by atoms with Gasteiger partial charge in [-0.15, -0.1) is 0 Å². The van der Waals surface area contributed by atoms with Gasteiger partial charge in [0.2, 0.25) is 17.6 Å². The molecule has 4 atom stereocenters. The van der Waals surface area contributed by atoms with Crippen molar-refractivity contribution in [3.8, 4) is 17.2 Å². The lowest BCUT2D eigenvalue weighted by Crippen LogP contribution is -2.57. The van der Waals surface area contributed by atoms with Crippen LogP contribution in [-0.2, 0) is 20.8 Å². The number of hydrogen-bond donors (Lipinski definition) is 2. The zero-order valence-electron chi connectivity index (χ0n) is 21.5. The molecule has 0 radical (unpaired) electrons. The van der Waals surface area contributed by atoms with Gasteiger partial charge in [-0.25, -0.2) is 9.29 Å². The van der Waals surface area contributed by atoms with Crippen LogP contribution in [0.15, 0.2) is 66.7 Å². The molecule has 10 heteroatoms. The molecule has 3 aromatic carbocycles. The fourth-order valence-electron chi connectivity index (χ4n) is 5.84. The van der Waals surface area contributed by atoms with Gasteiger partial charge >= 0.3 is 5.97 Å². The number of amides is 2. The van der Waals surface area contributed by atoms with Crippen molar-refractivity contribution in [2.75, 3.05) is 26.2 Å². The number of fused-ring (bicyclic) bond motifs is 1. The molecule has 2 heterocycles. The molecule has 2 fully saturated rings. The summed E-state index contributed by atoms with van der Waals surface area (Å²) in [5, 5.41) is 13.8. The van der Waals surface area contributed by atoms with E-state index < -0.39 is 47.0 Å². The third kappa shape index (κ3) is 4.08. The van der Waals surface area contributed by atoms with Crippen LogP contribution in [0.5, 0.6) is 17.2 Å². The molecule has 9 nitrogen and oxygen atoms in total. The molecule has 0 saturated carbocycles. The normalized spacial score (nSPS) is 24.0. The van der Waals surface area contributed by atoms with Crippen molar-refractivity contribution in [2.24, 2.45) is 11.8 Å². The van der Waals surface area contributed by atoms with Crippen LogP contribution in [0.2, 0.25) is 0 Å². The number of anilines is 1. The summed E-state index contributed by atoms with van der Waals surface area (Å²) in [6.45, 7) is 0. The van der Waals surface area contributed by atoms with E-state index in [0.29, 0.717) is 16.9 Å². The molecule has 39 heavy (non-hydrogen) atoms. The van der Waals surface area contributed by atoms with Crippen molar-refractivity contribution in [1.29, 1.82) is 0 Å². The van der Waals surface area contributed by atoms with Gasteiger partial charge in [-0.05, 0) is 42.0 Å². The van der Waals surface area contributed by atoms with Gasteiger partial charge in [0.05, 0.1) is 38.9 Å². The van der Waals surface area contributed by atoms with Crippen LogP contribution in [-0.4, -0.2) is 49.8 Å². The minimum absolute atomic E-state index is 0.0628. The minimum Gasteiger partial charge on any atom is -0.493 e. The smallest absolute Gasteiger partial charge is 0.325 e. The lowest BCUT2D eigenvalue weighted by molar-refractivity contribution is -0.148. The van der Waals surface area contributed by atoms with Gasteiger partial charge in [-0.1, -0.05) is 30.3 Å². The fraction of sp³-hybridized carbons (Fsp3) is 0.276. The van der Waals surface area contributed by atoms with E-state index in [9.17, 15) is 23.9 Å². The Bertz CT molecular complexity index is 1430. The first-order chi connectivity index (χ1) is 18.8. The predicted molar refractivity (Wildman–Crippen MR) is 138 cm³/mol. The largest absolute Gasteiger partial charge is 0.493 e. The number of nitrogens with zero attached hydrogens (tertiary/aromatic N) is 1. The van der Waals surface area contributed by atoms with Crippen LogP contribution in [0.25, 0.3) is 0 Å². The van der Waals surface area contributed by atoms with Crippen molar-refractivity contribution in [3.05, 3.63) is 83.7 Å². The average molecular weight is 535 g/mol. The summed E-state index contributed by atoms with van der Waals surface area (Å²) in [4.78, 5) is 42.0. The highest BCUT2D eigenvalue weighted by atomic mass is 19.1. The Morgan fingerprint density at radius 2 is 1.59 bits per heavy atom. The quantitative estimate of drug-likeness (QED) is 0.423. The van der Waals surface area contributed by atoms with Gasteiger partial charge in [0.25, 0.3) is 0 Å². The van der Waals surface area contributed by atoms with Crippen LogP contribution in [0.4, 0.5) is 10.1 Å². The van der Waals surface area contributed by atoms with Gasteiger partial charge in [0.15, 0.2) is 11.5 Å². The Labute approximate surface area is 224 Å². The third-order valence-corrected chi connectivity index (χ3v) is 7.52. The fourth-order valence-corrected chi connectivity index (χ4v) is 5.84. The van der Waals surface area contributed by atoms with Crippen molar-refractivity contribution in [2.45, 2.75) is 18.0 Å². The van der Waals surface area contributed by atoms with E-state index in [1.807, 2.05) is 0 Å². The number of hydrogen-bond acceptors (Lipinski definition) is 7. The Balaban J connectivity index is 1.71. The van der Waals surface area contributed by atoms with Crippen LogP contribution >= 0.6 is 0 Å². The lowest BCUT2D eigenvalue weighted by Gasteiger charge is -2.31. The van der Waals surface area contributed by atoms with Crippen molar-refractivity contribution in [3.63, 3.8) is 0 Å². The molecule has 2 aliphatic heterocycles. The summed E-state index contributed by atoms with van der Waals surface area (Å²) >= 11 is 0. The first-order valence-corrected chi connectivity index (χ1v) is 12.2. The number of nitrogens with one attached hydrogen (secondary N) is 1. The standard InChI is InChI=1S/C29H27FN2O7/c1-37-20-14-13-19(24(38-2)25(20)39-3)23-21-22(27(34)32(26(21)33)18-11-9-17(30)10-12-18)29(31-23,28(35)36)15-16-7-5-4-6-8-16/h4-14,21-23,31H,15H2,1-3H3,(H,35,36). The van der Waals surface area contributed by atoms with Crippen molar-refractivity contribution < 1.29 is 38.1 Å². The summed E-state index contributed by atoms with van der Waals surface area (Å²) in [7, 11) is 4.33. The second-order valence-electron chi connectivity index (χ2n) is 9.48. The first kappa shape index (κ1) is 26.2. The van der Waals surface area contributed by atoms with Gasteiger partial charge in [0, 0.05) is 18.0 Å². The Hall–Kier alpha value is -4.44. The minimum atomic E-state index is -1.84. The molecular weight excluding hydrogens is 507 g/mol. The highest BCUT2D eigenvalue weighted by Gasteiger charge is 2.69. The SMILES string of the molecule is COc1ccc(C2NC(Cc3ccccc3)(C(=O)O)C3C(=O)N(c4ccc(F)cc4)C(=O)C23)c(OC)c1OC. The molecule has 2 saturated heterocycles. The molecule has 0 bridgehead atoms. The molecule has 2 aliphatic rings. The van der Waals surface area contributed by atoms with Gasteiger partial charge in [-0.3, -0.25) is 19.7 Å². The topological polar surface area (TPSA) is 114 Å². The van der Waals surface area contributed by atoms with Gasteiger partial charge in [0.1, 0.15) is 11.4 Å². The molecule has 0 aliphatic carbocycles. The van der Waals surface area contributed by atoms with Crippen LogP contribution in [0.3, 0.4) is 0 Å². The molecular formula is C29H27FN2O7. The molecule has 5 rings (SSSR count). The van der Waals surface area contributed by atoms with E-state index in [1.165, 1.54) is 33.5 Å². The summed E-state index contributed by atoms with van der Waals surface area (Å²) in [6, 6.07) is 16.2. The van der Waals surface area contributed by atoms with Crippen LogP contribution < -0.4 is 24.4 Å². The summed E-state index contributed by atoms with van der Waals surface area (Å²) < 4.78 is 30.2. The van der Waals surface area contributed by atoms with Crippen molar-refractivity contribution in [1.82, 2.24) is 5.32 Å². The maximum Gasteiger partial charge on any atom is 0.325 e. The predicted octanol–water partition coefficient (Wildman–Crippen LogP) is 3.37. The summed E-state index contributed by atoms with van der Waals surface area (Å²) in [6.07, 6.45) is -0.0628. The Morgan fingerprint density at radius 1 is 0.923 bits per heavy atom. The number of carboxylic acid groups (broad SMARTS) is 1. The van der Waals surface area contributed by atoms with Crippen molar-refractivity contribution >= 4 is 23.5 Å². The number of halogens is 1. The molecule has 0 aromatic heterocycles. The molecule has 202 valence electrons. The van der Waals surface area contributed by atoms with E-state index in [0.717, 1.165) is 17.0 Å². The zero-order valence-corrected chi connectivity index (χ0v) is 21.5. The first-order valence-electron chi connectivity index (χ1n) is 12.2. The van der Waals surface area contributed by atoms with E-state index in [2.05, 4.69) is 5.32 Å². The number of aliphatic carboxylic acids is 1. The summed E-state index contributed by atoms with van der Waals surface area (Å²) in [5.74, 6) is -4.56. The number of benzene rings is 3. The Morgan fingerprint density at radius 3 is 2.18 bits per heavy atom. The second kappa shape index (κ2) is 10.0. The molecule has 2 N–H and O–H groups in total. The van der Waals surface area contributed by atoms with E-state index in [1.54, 1.807) is 42.5 Å². The number of rotatable bonds is 8. The number of imide groups is 1.